The van der Waals surface area contributed by atoms with Crippen molar-refractivity contribution in [3.8, 4) is 10.7 Å². The molecule has 0 fully saturated rings. The third kappa shape index (κ3) is 3.46. The molecule has 4 aromatic rings. The molecular formula is C18H15N3O3S. The third-order valence-corrected chi connectivity index (χ3v) is 4.67. The van der Waals surface area contributed by atoms with Gasteiger partial charge in [0.1, 0.15) is 0 Å². The number of carbonyl (C=O) groups excluding carboxylic acids is 1. The molecular weight excluding hydrogens is 338 g/mol. The minimum Gasteiger partial charge on any atom is -0.456 e. The molecule has 0 saturated heterocycles. The van der Waals surface area contributed by atoms with E-state index >= 15 is 0 Å². The largest absolute Gasteiger partial charge is 0.456 e. The standard InChI is InChI=1S/C18H15N3O3S/c22-17(8-10-21-9-7-13-4-1-2-5-14(13)21)23-12-16-19-18(20-24-16)15-6-3-11-25-15/h1-7,9,11H,8,10,12H2. The number of aromatic nitrogens is 3. The quantitative estimate of drug-likeness (QED) is 0.492. The Labute approximate surface area is 147 Å². The fourth-order valence-corrected chi connectivity index (χ4v) is 3.23. The molecule has 6 nitrogen and oxygen atoms in total. The van der Waals surface area contributed by atoms with E-state index in [1.54, 1.807) is 0 Å². The molecule has 0 N–H and O–H groups in total. The van der Waals surface area contributed by atoms with Crippen molar-refractivity contribution in [2.24, 2.45) is 0 Å². The normalized spacial score (nSPS) is 11.0. The molecule has 0 amide bonds. The van der Waals surface area contributed by atoms with Crippen LogP contribution in [0.3, 0.4) is 0 Å². The highest BCUT2D eigenvalue weighted by molar-refractivity contribution is 7.13. The van der Waals surface area contributed by atoms with Gasteiger partial charge in [-0.2, -0.15) is 4.98 Å². The first-order valence-corrected chi connectivity index (χ1v) is 8.73. The summed E-state index contributed by atoms with van der Waals surface area (Å²) in [7, 11) is 0. The van der Waals surface area contributed by atoms with Gasteiger partial charge in [0.05, 0.1) is 11.3 Å². The van der Waals surface area contributed by atoms with Gasteiger partial charge in [-0.1, -0.05) is 29.4 Å². The number of benzene rings is 1. The van der Waals surface area contributed by atoms with Gasteiger partial charge in [0.25, 0.3) is 5.89 Å². The molecule has 3 heterocycles. The van der Waals surface area contributed by atoms with Crippen LogP contribution in [0.5, 0.6) is 0 Å². The van der Waals surface area contributed by atoms with Crippen molar-refractivity contribution in [3.63, 3.8) is 0 Å². The Morgan fingerprint density at radius 2 is 2.12 bits per heavy atom. The van der Waals surface area contributed by atoms with Crippen LogP contribution >= 0.6 is 11.3 Å². The molecule has 1 aromatic carbocycles. The Balaban J connectivity index is 1.31. The molecule has 0 aliphatic carbocycles. The summed E-state index contributed by atoms with van der Waals surface area (Å²) in [5.41, 5.74) is 1.10. The maximum atomic E-state index is 12.0. The van der Waals surface area contributed by atoms with Gasteiger partial charge in [0.15, 0.2) is 6.61 Å². The number of para-hydroxylation sites is 1. The summed E-state index contributed by atoms with van der Waals surface area (Å²) < 4.78 is 12.4. The van der Waals surface area contributed by atoms with Crippen LogP contribution in [0.1, 0.15) is 12.3 Å². The molecule has 3 aromatic heterocycles. The Morgan fingerprint density at radius 3 is 3.00 bits per heavy atom. The summed E-state index contributed by atoms with van der Waals surface area (Å²) in [4.78, 5) is 17.1. The van der Waals surface area contributed by atoms with E-state index in [0.29, 0.717) is 18.3 Å². The second kappa shape index (κ2) is 6.90. The average molecular weight is 353 g/mol. The van der Waals surface area contributed by atoms with Crippen molar-refractivity contribution in [3.05, 3.63) is 59.9 Å². The molecule has 0 aliphatic heterocycles. The topological polar surface area (TPSA) is 70.2 Å². The van der Waals surface area contributed by atoms with Crippen molar-refractivity contribution in [2.75, 3.05) is 0 Å². The van der Waals surface area contributed by atoms with Crippen LogP contribution in [0.4, 0.5) is 0 Å². The third-order valence-electron chi connectivity index (χ3n) is 3.80. The lowest BCUT2D eigenvalue weighted by atomic mass is 10.2. The van der Waals surface area contributed by atoms with Crippen LogP contribution in [0.2, 0.25) is 0 Å². The number of thiophene rings is 1. The van der Waals surface area contributed by atoms with Crippen molar-refractivity contribution in [1.29, 1.82) is 0 Å². The number of esters is 1. The van der Waals surface area contributed by atoms with E-state index in [-0.39, 0.29) is 19.0 Å². The lowest BCUT2D eigenvalue weighted by Crippen LogP contribution is -2.08. The zero-order valence-electron chi connectivity index (χ0n) is 13.3. The highest BCUT2D eigenvalue weighted by Gasteiger charge is 2.12. The van der Waals surface area contributed by atoms with E-state index in [1.165, 1.54) is 11.3 Å². The van der Waals surface area contributed by atoms with Gasteiger partial charge in [-0.3, -0.25) is 4.79 Å². The predicted molar refractivity (Wildman–Crippen MR) is 94.0 cm³/mol. The van der Waals surface area contributed by atoms with Gasteiger partial charge in [-0.25, -0.2) is 0 Å². The smallest absolute Gasteiger partial charge is 0.308 e. The number of hydrogen-bond donors (Lipinski definition) is 0. The minimum atomic E-state index is -0.298. The summed E-state index contributed by atoms with van der Waals surface area (Å²) in [6, 6.07) is 13.9. The zero-order chi connectivity index (χ0) is 17.1. The first kappa shape index (κ1) is 15.6. The van der Waals surface area contributed by atoms with E-state index in [0.717, 1.165) is 15.8 Å². The SMILES string of the molecule is O=C(CCn1ccc2ccccc21)OCc1nc(-c2cccs2)no1. The summed E-state index contributed by atoms with van der Waals surface area (Å²) in [5.74, 6) is 0.511. The number of nitrogens with zero attached hydrogens (tertiary/aromatic N) is 3. The van der Waals surface area contributed by atoms with Crippen LogP contribution in [0.25, 0.3) is 21.6 Å². The fraction of sp³-hybridized carbons (Fsp3) is 0.167. The summed E-state index contributed by atoms with van der Waals surface area (Å²) in [6.45, 7) is 0.556. The molecule has 0 bridgehead atoms. The van der Waals surface area contributed by atoms with Gasteiger partial charge >= 0.3 is 5.97 Å². The van der Waals surface area contributed by atoms with E-state index in [1.807, 2.05) is 58.6 Å². The van der Waals surface area contributed by atoms with Gasteiger partial charge in [0, 0.05) is 18.3 Å². The van der Waals surface area contributed by atoms with Crippen molar-refractivity contribution < 1.29 is 14.1 Å². The molecule has 7 heteroatoms. The van der Waals surface area contributed by atoms with Crippen molar-refractivity contribution in [1.82, 2.24) is 14.7 Å². The van der Waals surface area contributed by atoms with Gasteiger partial charge in [-0.05, 0) is 29.0 Å². The predicted octanol–water partition coefficient (Wildman–Crippen LogP) is 3.89. The Bertz CT molecular complexity index is 988. The van der Waals surface area contributed by atoms with E-state index < -0.39 is 0 Å². The van der Waals surface area contributed by atoms with Crippen LogP contribution in [-0.2, 0) is 22.7 Å². The van der Waals surface area contributed by atoms with Crippen LogP contribution in [-0.4, -0.2) is 20.7 Å². The van der Waals surface area contributed by atoms with Crippen molar-refractivity contribution in [2.45, 2.75) is 19.6 Å². The lowest BCUT2D eigenvalue weighted by molar-refractivity contribution is -0.146. The Hall–Kier alpha value is -2.93. The average Bonchev–Trinajstić information content (AvgIpc) is 3.38. The van der Waals surface area contributed by atoms with Crippen LogP contribution in [0.15, 0.2) is 58.6 Å². The van der Waals surface area contributed by atoms with Gasteiger partial charge in [-0.15, -0.1) is 11.3 Å². The summed E-state index contributed by atoms with van der Waals surface area (Å²) in [5, 5.41) is 6.98. The number of aryl methyl sites for hydroxylation is 1. The molecule has 0 spiro atoms. The lowest BCUT2D eigenvalue weighted by Gasteiger charge is -2.05. The monoisotopic (exact) mass is 353 g/mol. The number of rotatable bonds is 6. The maximum Gasteiger partial charge on any atom is 0.308 e. The Kier molecular flexibility index (Phi) is 4.30. The van der Waals surface area contributed by atoms with Crippen LogP contribution in [0, 0.1) is 0 Å². The second-order valence-corrected chi connectivity index (χ2v) is 6.42. The molecule has 126 valence electrons. The summed E-state index contributed by atoms with van der Waals surface area (Å²) >= 11 is 1.53. The fourth-order valence-electron chi connectivity index (χ4n) is 2.58. The molecule has 25 heavy (non-hydrogen) atoms. The highest BCUT2D eigenvalue weighted by atomic mass is 32.1. The molecule has 0 saturated carbocycles. The molecule has 0 unspecified atom stereocenters. The molecule has 0 aliphatic rings. The molecule has 0 radical (unpaired) electrons. The van der Waals surface area contributed by atoms with Crippen molar-refractivity contribution >= 4 is 28.2 Å². The number of ether oxygens (including phenoxy) is 1. The van der Waals surface area contributed by atoms with Crippen LogP contribution < -0.4 is 0 Å². The minimum absolute atomic E-state index is 0.0103. The van der Waals surface area contributed by atoms with E-state index in [9.17, 15) is 4.79 Å². The first-order chi connectivity index (χ1) is 12.3. The second-order valence-electron chi connectivity index (χ2n) is 5.47. The summed E-state index contributed by atoms with van der Waals surface area (Å²) in [6.07, 6.45) is 2.26. The van der Waals surface area contributed by atoms with Gasteiger partial charge in [0.2, 0.25) is 5.82 Å². The molecule has 4 rings (SSSR count). The van der Waals surface area contributed by atoms with E-state index in [2.05, 4.69) is 10.1 Å². The highest BCUT2D eigenvalue weighted by Crippen LogP contribution is 2.21. The first-order valence-electron chi connectivity index (χ1n) is 7.85. The maximum absolute atomic E-state index is 12.0. The number of carbonyl (C=O) groups is 1. The van der Waals surface area contributed by atoms with E-state index in [4.69, 9.17) is 9.26 Å². The molecule has 0 atom stereocenters. The number of fused-ring (bicyclic) bond motifs is 1. The Morgan fingerprint density at radius 1 is 1.20 bits per heavy atom. The van der Waals surface area contributed by atoms with Gasteiger partial charge < -0.3 is 13.8 Å². The number of hydrogen-bond acceptors (Lipinski definition) is 6. The zero-order valence-corrected chi connectivity index (χ0v) is 14.1.